The van der Waals surface area contributed by atoms with Crippen molar-refractivity contribution < 1.29 is 14.7 Å². The summed E-state index contributed by atoms with van der Waals surface area (Å²) in [6.45, 7) is 2.43. The van der Waals surface area contributed by atoms with Crippen molar-refractivity contribution in [3.05, 3.63) is 54.1 Å². The lowest BCUT2D eigenvalue weighted by Gasteiger charge is -2.58. The lowest BCUT2D eigenvalue weighted by molar-refractivity contribution is -0.181. The Labute approximate surface area is 162 Å². The average Bonchev–Trinajstić information content (AvgIpc) is 3.31. The molecule has 2 N–H and O–H groups in total. The molecule has 3 fully saturated rings. The lowest BCUT2D eigenvalue weighted by Crippen LogP contribution is -2.81. The van der Waals surface area contributed by atoms with Gasteiger partial charge in [-0.3, -0.25) is 24.3 Å². The number of fused-ring (bicyclic) bond motifs is 2. The molecule has 2 unspecified atom stereocenters. The first-order valence-electron chi connectivity index (χ1n) is 9.61. The number of nitrogens with one attached hydrogen (secondary N) is 1. The average molecular weight is 381 g/mol. The number of aliphatic hydroxyl groups excluding tert-OH is 1. The first-order valence-corrected chi connectivity index (χ1v) is 9.61. The molecule has 0 bridgehead atoms. The minimum absolute atomic E-state index is 0.146. The number of hydrogen-bond acceptors (Lipinski definition) is 6. The van der Waals surface area contributed by atoms with Crippen molar-refractivity contribution in [2.24, 2.45) is 0 Å². The molecule has 1 aromatic heterocycles. The third kappa shape index (κ3) is 2.68. The molecular weight excluding hydrogens is 358 g/mol. The van der Waals surface area contributed by atoms with E-state index in [0.29, 0.717) is 32.6 Å². The zero-order valence-electron chi connectivity index (χ0n) is 15.5. The van der Waals surface area contributed by atoms with Crippen LogP contribution in [0.2, 0.25) is 0 Å². The molecule has 5 rings (SSSR count). The number of aliphatic hydroxyl groups is 1. The van der Waals surface area contributed by atoms with Gasteiger partial charge in [0.1, 0.15) is 5.54 Å². The van der Waals surface area contributed by atoms with Crippen molar-refractivity contribution in [1.29, 1.82) is 0 Å². The van der Waals surface area contributed by atoms with E-state index in [1.165, 1.54) is 4.90 Å². The maximum absolute atomic E-state index is 13.5. The fraction of sp³-hybridized carbons (Fsp3) is 0.450. The number of hydrogen-bond donors (Lipinski definition) is 2. The second-order valence-electron chi connectivity index (χ2n) is 8.03. The third-order valence-corrected chi connectivity index (χ3v) is 6.13. The van der Waals surface area contributed by atoms with Crippen LogP contribution >= 0.6 is 0 Å². The summed E-state index contributed by atoms with van der Waals surface area (Å²) in [5, 5.41) is 10.2. The highest BCUT2D eigenvalue weighted by atomic mass is 16.3. The number of imide groups is 1. The van der Waals surface area contributed by atoms with Crippen molar-refractivity contribution >= 4 is 11.8 Å². The lowest BCUT2D eigenvalue weighted by atomic mass is 9.82. The summed E-state index contributed by atoms with van der Waals surface area (Å²) in [7, 11) is 0. The van der Waals surface area contributed by atoms with Crippen LogP contribution in [0.3, 0.4) is 0 Å². The quantitative estimate of drug-likeness (QED) is 0.723. The number of aromatic nitrogens is 2. The first kappa shape index (κ1) is 17.5. The number of carbonyl (C=O) groups is 2. The standard InChI is InChI=1S/C20H23N5O3/c26-16-6-17-18(27)24(8-14-4-2-1-3-5-14)19(28)20(25(17)10-16)11-23(12-20)9-15-7-21-13-22-15/h1-5,7,13,16-17,26H,6,8-12H2,(H,21,22). The molecule has 2 atom stereocenters. The molecular formula is C20H23N5O3. The van der Waals surface area contributed by atoms with Crippen LogP contribution < -0.4 is 0 Å². The smallest absolute Gasteiger partial charge is 0.252 e. The van der Waals surface area contributed by atoms with Gasteiger partial charge in [0.15, 0.2) is 0 Å². The molecule has 28 heavy (non-hydrogen) atoms. The van der Waals surface area contributed by atoms with Gasteiger partial charge in [-0.05, 0) is 12.0 Å². The highest BCUT2D eigenvalue weighted by Gasteiger charge is 2.64. The minimum atomic E-state index is -0.731. The minimum Gasteiger partial charge on any atom is -0.392 e. The maximum Gasteiger partial charge on any atom is 0.252 e. The molecule has 1 spiro atoms. The molecule has 4 heterocycles. The zero-order valence-corrected chi connectivity index (χ0v) is 15.5. The van der Waals surface area contributed by atoms with Crippen LogP contribution in [-0.2, 0) is 22.7 Å². The van der Waals surface area contributed by atoms with E-state index >= 15 is 0 Å². The van der Waals surface area contributed by atoms with Crippen LogP contribution in [-0.4, -0.2) is 78.9 Å². The van der Waals surface area contributed by atoms with Gasteiger partial charge in [-0.25, -0.2) is 4.98 Å². The molecule has 2 aromatic rings. The summed E-state index contributed by atoms with van der Waals surface area (Å²) in [6.07, 6.45) is 3.24. The molecule has 2 amide bonds. The van der Waals surface area contributed by atoms with E-state index in [9.17, 15) is 14.7 Å². The Morgan fingerprint density at radius 1 is 1.18 bits per heavy atom. The molecule has 0 aliphatic carbocycles. The largest absolute Gasteiger partial charge is 0.392 e. The number of piperazine rings is 1. The zero-order chi connectivity index (χ0) is 19.3. The van der Waals surface area contributed by atoms with Gasteiger partial charge in [-0.1, -0.05) is 30.3 Å². The van der Waals surface area contributed by atoms with Crippen LogP contribution in [0.1, 0.15) is 17.7 Å². The van der Waals surface area contributed by atoms with Crippen LogP contribution in [0, 0.1) is 0 Å². The summed E-state index contributed by atoms with van der Waals surface area (Å²) < 4.78 is 0. The monoisotopic (exact) mass is 381 g/mol. The van der Waals surface area contributed by atoms with Gasteiger partial charge in [-0.2, -0.15) is 0 Å². The Morgan fingerprint density at radius 2 is 1.96 bits per heavy atom. The van der Waals surface area contributed by atoms with E-state index in [2.05, 4.69) is 14.9 Å². The number of β-amino-alcohol motifs (C(OH)–C–C–N with tert-alkyl or cyclic N) is 1. The first-order chi connectivity index (χ1) is 13.6. The number of H-pyrrole nitrogens is 1. The molecule has 8 heteroatoms. The van der Waals surface area contributed by atoms with Gasteiger partial charge in [0.2, 0.25) is 5.91 Å². The summed E-state index contributed by atoms with van der Waals surface area (Å²) in [6, 6.07) is 9.16. The normalized spacial score (nSPS) is 27.2. The predicted octanol–water partition coefficient (Wildman–Crippen LogP) is -0.0317. The van der Waals surface area contributed by atoms with Crippen molar-refractivity contribution in [2.45, 2.75) is 37.2 Å². The second kappa shape index (κ2) is 6.51. The van der Waals surface area contributed by atoms with Gasteiger partial charge >= 0.3 is 0 Å². The fourth-order valence-corrected chi connectivity index (χ4v) is 4.83. The number of rotatable bonds is 4. The molecule has 3 aliphatic heterocycles. The van der Waals surface area contributed by atoms with Crippen molar-refractivity contribution in [3.63, 3.8) is 0 Å². The van der Waals surface area contributed by atoms with Gasteiger partial charge in [0.05, 0.1) is 25.0 Å². The number of benzene rings is 1. The molecule has 0 radical (unpaired) electrons. The number of imidazole rings is 1. The predicted molar refractivity (Wildman–Crippen MR) is 99.7 cm³/mol. The number of carbonyl (C=O) groups excluding carboxylic acids is 2. The van der Waals surface area contributed by atoms with Gasteiger partial charge < -0.3 is 10.1 Å². The van der Waals surface area contributed by atoms with Crippen molar-refractivity contribution in [2.75, 3.05) is 19.6 Å². The number of aromatic amines is 1. The number of nitrogens with zero attached hydrogens (tertiary/aromatic N) is 4. The van der Waals surface area contributed by atoms with E-state index < -0.39 is 17.7 Å². The second-order valence-corrected chi connectivity index (χ2v) is 8.03. The summed E-state index contributed by atoms with van der Waals surface area (Å²) >= 11 is 0. The van der Waals surface area contributed by atoms with E-state index in [-0.39, 0.29) is 18.4 Å². The molecule has 3 aliphatic rings. The number of amides is 2. The molecule has 0 saturated carbocycles. The highest BCUT2D eigenvalue weighted by Crippen LogP contribution is 2.41. The van der Waals surface area contributed by atoms with Gasteiger partial charge in [0.25, 0.3) is 5.91 Å². The van der Waals surface area contributed by atoms with Crippen LogP contribution in [0.4, 0.5) is 0 Å². The number of likely N-dealkylation sites (tertiary alicyclic amines) is 1. The molecule has 146 valence electrons. The SMILES string of the molecule is O=C1C2CC(O)CN2C2(CN(Cc3cnc[nH]3)C2)C(=O)N1Cc1ccccc1. The maximum atomic E-state index is 13.5. The Morgan fingerprint density at radius 3 is 2.68 bits per heavy atom. The van der Waals surface area contributed by atoms with Crippen molar-refractivity contribution in [3.8, 4) is 0 Å². The van der Waals surface area contributed by atoms with E-state index in [1.807, 2.05) is 35.2 Å². The van der Waals surface area contributed by atoms with Crippen molar-refractivity contribution in [1.82, 2.24) is 24.7 Å². The fourth-order valence-electron chi connectivity index (χ4n) is 4.83. The Balaban J connectivity index is 1.41. The van der Waals surface area contributed by atoms with E-state index in [1.54, 1.807) is 12.5 Å². The summed E-state index contributed by atoms with van der Waals surface area (Å²) in [5.74, 6) is -0.337. The van der Waals surface area contributed by atoms with Gasteiger partial charge in [-0.15, -0.1) is 0 Å². The Bertz CT molecular complexity index is 879. The Hall–Kier alpha value is -2.55. The molecule has 8 nitrogen and oxygen atoms in total. The topological polar surface area (TPSA) is 92.8 Å². The van der Waals surface area contributed by atoms with Crippen LogP contribution in [0.15, 0.2) is 42.9 Å². The third-order valence-electron chi connectivity index (χ3n) is 6.13. The summed E-state index contributed by atoms with van der Waals surface area (Å²) in [4.78, 5) is 39.2. The van der Waals surface area contributed by atoms with E-state index in [0.717, 1.165) is 11.3 Å². The van der Waals surface area contributed by atoms with Gasteiger partial charge in [0, 0.05) is 38.1 Å². The van der Waals surface area contributed by atoms with E-state index in [4.69, 9.17) is 0 Å². The summed E-state index contributed by atoms with van der Waals surface area (Å²) in [5.41, 5.74) is 1.19. The molecule has 3 saturated heterocycles. The van der Waals surface area contributed by atoms with Crippen LogP contribution in [0.5, 0.6) is 0 Å². The highest BCUT2D eigenvalue weighted by molar-refractivity contribution is 6.06. The molecule has 1 aromatic carbocycles. The van der Waals surface area contributed by atoms with Crippen LogP contribution in [0.25, 0.3) is 0 Å². The Kier molecular flexibility index (Phi) is 4.08.